The maximum Gasteiger partial charge on any atom is 0.338 e. The molecule has 0 spiro atoms. The van der Waals surface area contributed by atoms with Gasteiger partial charge >= 0.3 is 5.97 Å². The Labute approximate surface area is 263 Å². The van der Waals surface area contributed by atoms with Gasteiger partial charge in [-0.15, -0.1) is 10.2 Å². The summed E-state index contributed by atoms with van der Waals surface area (Å²) < 4.78 is 9.46. The Morgan fingerprint density at radius 3 is 2.56 bits per heavy atom. The zero-order valence-electron chi connectivity index (χ0n) is 26.1. The summed E-state index contributed by atoms with van der Waals surface area (Å²) in [5.74, 6) is 0.359. The highest BCUT2D eigenvalue weighted by Gasteiger charge is 2.33. The smallest absolute Gasteiger partial charge is 0.338 e. The standard InChI is InChI=1S/C36H40N6O3/c1-4-6-12-31(27-10-9-11-28(22-27)36(44)45-5-2)33-20-15-24(3)41-23-29(35(43)42(33)41)21-25-16-18-26(19-17-25)30-13-7-8-14-32(30)34-37-39-40-38-34/h7-11,13-14,16-19,22-24,31,33H,4-6,12,15,20-21H2,1-3H3,(H,37,38,39,40). The van der Waals surface area contributed by atoms with Gasteiger partial charge in [0.15, 0.2) is 0 Å². The number of nitrogens with zero attached hydrogens (tertiary/aromatic N) is 5. The molecule has 9 nitrogen and oxygen atoms in total. The van der Waals surface area contributed by atoms with Gasteiger partial charge in [-0.05, 0) is 72.7 Å². The van der Waals surface area contributed by atoms with Crippen molar-refractivity contribution in [1.29, 1.82) is 0 Å². The van der Waals surface area contributed by atoms with Crippen LogP contribution in [0.2, 0.25) is 0 Å². The summed E-state index contributed by atoms with van der Waals surface area (Å²) in [4.78, 5) is 26.7. The molecule has 3 aromatic carbocycles. The Balaban J connectivity index is 1.30. The number of hydrogen-bond acceptors (Lipinski definition) is 6. The molecule has 9 heteroatoms. The second kappa shape index (κ2) is 13.5. The second-order valence-corrected chi connectivity index (χ2v) is 11.9. The molecule has 0 radical (unpaired) electrons. The van der Waals surface area contributed by atoms with Crippen molar-refractivity contribution >= 4 is 5.97 Å². The molecule has 3 atom stereocenters. The first-order valence-corrected chi connectivity index (χ1v) is 16.0. The van der Waals surface area contributed by atoms with Gasteiger partial charge in [-0.1, -0.05) is 80.4 Å². The monoisotopic (exact) mass is 604 g/mol. The fraction of sp³-hybridized carbons (Fsp3) is 0.361. The molecule has 3 unspecified atom stereocenters. The Hall–Kier alpha value is -4.79. The number of H-pyrrole nitrogens is 1. The molecule has 0 saturated carbocycles. The van der Waals surface area contributed by atoms with Crippen molar-refractivity contribution in [3.63, 3.8) is 0 Å². The van der Waals surface area contributed by atoms with Crippen LogP contribution < -0.4 is 5.56 Å². The summed E-state index contributed by atoms with van der Waals surface area (Å²) in [5.41, 5.74) is 6.56. The summed E-state index contributed by atoms with van der Waals surface area (Å²) >= 11 is 0. The van der Waals surface area contributed by atoms with E-state index in [1.807, 2.05) is 54.1 Å². The molecular weight excluding hydrogens is 564 g/mol. The molecule has 1 aliphatic rings. The number of benzene rings is 3. The lowest BCUT2D eigenvalue weighted by Gasteiger charge is -2.36. The Morgan fingerprint density at radius 1 is 1.02 bits per heavy atom. The van der Waals surface area contributed by atoms with E-state index < -0.39 is 0 Å². The minimum Gasteiger partial charge on any atom is -0.462 e. The summed E-state index contributed by atoms with van der Waals surface area (Å²) in [6, 6.07) is 24.4. The van der Waals surface area contributed by atoms with Gasteiger partial charge in [-0.2, -0.15) is 5.21 Å². The molecule has 2 aromatic heterocycles. The zero-order valence-corrected chi connectivity index (χ0v) is 26.1. The van der Waals surface area contributed by atoms with Crippen LogP contribution in [-0.4, -0.2) is 42.6 Å². The van der Waals surface area contributed by atoms with Gasteiger partial charge in [0.05, 0.1) is 18.2 Å². The number of aromatic nitrogens is 6. The second-order valence-electron chi connectivity index (χ2n) is 11.9. The first kappa shape index (κ1) is 30.2. The molecule has 0 bridgehead atoms. The zero-order chi connectivity index (χ0) is 31.3. The van der Waals surface area contributed by atoms with Crippen LogP contribution in [0.1, 0.15) is 97.9 Å². The number of carbonyl (C=O) groups is 1. The minimum atomic E-state index is -0.307. The predicted octanol–water partition coefficient (Wildman–Crippen LogP) is 7.13. The van der Waals surface area contributed by atoms with Crippen LogP contribution in [0.5, 0.6) is 0 Å². The lowest BCUT2D eigenvalue weighted by atomic mass is 9.83. The highest BCUT2D eigenvalue weighted by Crippen LogP contribution is 2.41. The molecule has 3 heterocycles. The third-order valence-corrected chi connectivity index (χ3v) is 9.00. The molecule has 5 aromatic rings. The van der Waals surface area contributed by atoms with Gasteiger partial charge < -0.3 is 4.74 Å². The molecule has 232 valence electrons. The highest BCUT2D eigenvalue weighted by atomic mass is 16.5. The number of nitrogens with one attached hydrogen (secondary N) is 1. The van der Waals surface area contributed by atoms with Gasteiger partial charge in [-0.25, -0.2) is 9.48 Å². The number of carbonyl (C=O) groups excluding carboxylic acids is 1. The molecule has 1 N–H and O–H groups in total. The van der Waals surface area contributed by atoms with Crippen LogP contribution in [0, 0.1) is 0 Å². The number of hydrogen-bond donors (Lipinski definition) is 1. The van der Waals surface area contributed by atoms with Crippen molar-refractivity contribution < 1.29 is 9.53 Å². The number of aromatic amines is 1. The van der Waals surface area contributed by atoms with Crippen molar-refractivity contribution in [2.75, 3.05) is 6.61 Å². The van der Waals surface area contributed by atoms with Crippen molar-refractivity contribution in [3.8, 4) is 22.5 Å². The van der Waals surface area contributed by atoms with Crippen LogP contribution in [0.25, 0.3) is 22.5 Å². The number of fused-ring (bicyclic) bond motifs is 1. The van der Waals surface area contributed by atoms with E-state index in [0.29, 0.717) is 24.4 Å². The summed E-state index contributed by atoms with van der Waals surface area (Å²) in [6.07, 6.45) is 7.57. The van der Waals surface area contributed by atoms with E-state index in [9.17, 15) is 9.59 Å². The first-order chi connectivity index (χ1) is 22.0. The maximum absolute atomic E-state index is 14.2. The van der Waals surface area contributed by atoms with E-state index in [1.54, 1.807) is 0 Å². The van der Waals surface area contributed by atoms with Crippen molar-refractivity contribution in [2.24, 2.45) is 0 Å². The molecule has 1 aliphatic heterocycles. The summed E-state index contributed by atoms with van der Waals surface area (Å²) in [7, 11) is 0. The van der Waals surface area contributed by atoms with Gasteiger partial charge in [0.1, 0.15) is 0 Å². The molecule has 0 saturated heterocycles. The molecule has 0 amide bonds. The van der Waals surface area contributed by atoms with Gasteiger partial charge in [0.25, 0.3) is 5.56 Å². The average Bonchev–Trinajstić information content (AvgIpc) is 3.72. The van der Waals surface area contributed by atoms with Crippen molar-refractivity contribution in [1.82, 2.24) is 30.0 Å². The fourth-order valence-electron chi connectivity index (χ4n) is 6.69. The normalized spacial score (nSPS) is 16.7. The lowest BCUT2D eigenvalue weighted by Crippen LogP contribution is -2.37. The SMILES string of the molecule is CCCCC(c1cccc(C(=O)OCC)c1)C1CCC(C)n2cc(Cc3ccc(-c4ccccc4-c4nn[nH]n4)cc3)c(=O)n21. The number of unbranched alkanes of at least 4 members (excludes halogenated alkanes) is 1. The third-order valence-electron chi connectivity index (χ3n) is 9.00. The topological polar surface area (TPSA) is 108 Å². The fourth-order valence-corrected chi connectivity index (χ4v) is 6.69. The number of rotatable bonds is 11. The molecule has 6 rings (SSSR count). The van der Waals surface area contributed by atoms with Crippen LogP contribution >= 0.6 is 0 Å². The molecule has 45 heavy (non-hydrogen) atoms. The first-order valence-electron chi connectivity index (χ1n) is 16.0. The number of esters is 1. The average molecular weight is 605 g/mol. The third kappa shape index (κ3) is 6.25. The van der Waals surface area contributed by atoms with Crippen LogP contribution in [-0.2, 0) is 11.2 Å². The number of ether oxygens (including phenoxy) is 1. The van der Waals surface area contributed by atoms with Crippen LogP contribution in [0.15, 0.2) is 83.8 Å². The Morgan fingerprint density at radius 2 is 1.82 bits per heavy atom. The summed E-state index contributed by atoms with van der Waals surface area (Å²) in [6.45, 7) is 6.54. The van der Waals surface area contributed by atoms with Crippen molar-refractivity contribution in [3.05, 3.63) is 112 Å². The van der Waals surface area contributed by atoms with E-state index in [0.717, 1.165) is 65.5 Å². The molecular formula is C36H40N6O3. The van der Waals surface area contributed by atoms with Crippen LogP contribution in [0.4, 0.5) is 0 Å². The quantitative estimate of drug-likeness (QED) is 0.161. The van der Waals surface area contributed by atoms with E-state index in [4.69, 9.17) is 4.74 Å². The van der Waals surface area contributed by atoms with E-state index >= 15 is 0 Å². The summed E-state index contributed by atoms with van der Waals surface area (Å²) in [5, 5.41) is 14.6. The molecule has 0 aliphatic carbocycles. The van der Waals surface area contributed by atoms with E-state index in [-0.39, 0.29) is 29.5 Å². The lowest BCUT2D eigenvalue weighted by molar-refractivity contribution is 0.0526. The maximum atomic E-state index is 14.2. The number of tetrazole rings is 1. The Bertz CT molecular complexity index is 1810. The Kier molecular flexibility index (Phi) is 9.05. The molecule has 0 fully saturated rings. The highest BCUT2D eigenvalue weighted by molar-refractivity contribution is 5.89. The van der Waals surface area contributed by atoms with E-state index in [1.165, 1.54) is 0 Å². The minimum absolute atomic E-state index is 0.00969. The van der Waals surface area contributed by atoms with Crippen LogP contribution in [0.3, 0.4) is 0 Å². The largest absolute Gasteiger partial charge is 0.462 e. The predicted molar refractivity (Wildman–Crippen MR) is 174 cm³/mol. The van der Waals surface area contributed by atoms with Gasteiger partial charge in [-0.3, -0.25) is 9.48 Å². The van der Waals surface area contributed by atoms with E-state index in [2.05, 4.69) is 75.7 Å². The van der Waals surface area contributed by atoms with Gasteiger partial charge in [0, 0.05) is 35.7 Å². The van der Waals surface area contributed by atoms with Gasteiger partial charge in [0.2, 0.25) is 5.82 Å². The van der Waals surface area contributed by atoms with Crippen molar-refractivity contribution in [2.45, 2.75) is 77.3 Å².